The van der Waals surface area contributed by atoms with Crippen molar-refractivity contribution in [3.8, 4) is 0 Å². The van der Waals surface area contributed by atoms with Crippen LogP contribution in [0.15, 0.2) is 17.1 Å². The van der Waals surface area contributed by atoms with Gasteiger partial charge in [-0.1, -0.05) is 13.8 Å². The summed E-state index contributed by atoms with van der Waals surface area (Å²) in [7, 11) is 0. The van der Waals surface area contributed by atoms with Gasteiger partial charge in [0, 0.05) is 6.20 Å². The molecule has 0 radical (unpaired) electrons. The van der Waals surface area contributed by atoms with E-state index >= 15 is 0 Å². The highest BCUT2D eigenvalue weighted by Crippen LogP contribution is 2.19. The van der Waals surface area contributed by atoms with E-state index in [2.05, 4.69) is 28.8 Å². The number of aromatic nitrogens is 3. The van der Waals surface area contributed by atoms with Gasteiger partial charge in [-0.2, -0.15) is 0 Å². The van der Waals surface area contributed by atoms with Crippen LogP contribution in [-0.2, 0) is 0 Å². The summed E-state index contributed by atoms with van der Waals surface area (Å²) in [5.41, 5.74) is 2.75. The summed E-state index contributed by atoms with van der Waals surface area (Å²) >= 11 is 0. The van der Waals surface area contributed by atoms with E-state index in [0.29, 0.717) is 17.3 Å². The Morgan fingerprint density at radius 1 is 1.40 bits per heavy atom. The van der Waals surface area contributed by atoms with Crippen molar-refractivity contribution in [3.63, 3.8) is 0 Å². The zero-order valence-electron chi connectivity index (χ0n) is 9.03. The Kier molecular flexibility index (Phi) is 2.26. The summed E-state index contributed by atoms with van der Waals surface area (Å²) in [6, 6.07) is 1.92. The Bertz CT molecular complexity index is 557. The standard InChI is InChI=1S/C11H13N3O/c1-6(2)8-4-5-12-10-9(8)14-11(15)7(3)13-10/h4-6H,1-3H3,(H,14,15). The molecule has 4 nitrogen and oxygen atoms in total. The highest BCUT2D eigenvalue weighted by molar-refractivity contribution is 5.74. The molecule has 78 valence electrons. The predicted molar refractivity (Wildman–Crippen MR) is 59.0 cm³/mol. The summed E-state index contributed by atoms with van der Waals surface area (Å²) in [6.07, 6.45) is 1.72. The molecule has 0 aliphatic heterocycles. The molecule has 2 aromatic heterocycles. The van der Waals surface area contributed by atoms with Gasteiger partial charge in [0.15, 0.2) is 5.65 Å². The number of nitrogens with zero attached hydrogens (tertiary/aromatic N) is 2. The molecule has 0 saturated carbocycles. The van der Waals surface area contributed by atoms with Crippen LogP contribution in [0.25, 0.3) is 11.2 Å². The zero-order valence-corrected chi connectivity index (χ0v) is 9.03. The number of pyridine rings is 1. The van der Waals surface area contributed by atoms with Gasteiger partial charge in [0.2, 0.25) is 0 Å². The second-order valence-electron chi connectivity index (χ2n) is 3.90. The van der Waals surface area contributed by atoms with Gasteiger partial charge in [-0.3, -0.25) is 4.79 Å². The van der Waals surface area contributed by atoms with Gasteiger partial charge in [-0.25, -0.2) is 9.97 Å². The number of H-pyrrole nitrogens is 1. The second-order valence-corrected chi connectivity index (χ2v) is 3.90. The first-order valence-electron chi connectivity index (χ1n) is 4.95. The van der Waals surface area contributed by atoms with Crippen LogP contribution in [0, 0.1) is 6.92 Å². The number of hydrogen-bond acceptors (Lipinski definition) is 3. The summed E-state index contributed by atoms with van der Waals surface area (Å²) < 4.78 is 0. The maximum absolute atomic E-state index is 11.5. The quantitative estimate of drug-likeness (QED) is 0.768. The largest absolute Gasteiger partial charge is 0.317 e. The minimum atomic E-state index is -0.141. The first kappa shape index (κ1) is 9.83. The smallest absolute Gasteiger partial charge is 0.269 e. The lowest BCUT2D eigenvalue weighted by atomic mass is 10.0. The van der Waals surface area contributed by atoms with E-state index in [0.717, 1.165) is 11.1 Å². The van der Waals surface area contributed by atoms with E-state index in [4.69, 9.17) is 0 Å². The molecule has 0 aromatic carbocycles. The zero-order chi connectivity index (χ0) is 11.0. The maximum Gasteiger partial charge on any atom is 0.269 e. The molecule has 0 atom stereocenters. The van der Waals surface area contributed by atoms with Crippen molar-refractivity contribution in [3.05, 3.63) is 33.9 Å². The molecule has 2 aromatic rings. The van der Waals surface area contributed by atoms with E-state index in [1.54, 1.807) is 13.1 Å². The summed E-state index contributed by atoms with van der Waals surface area (Å²) in [5.74, 6) is 0.343. The Morgan fingerprint density at radius 2 is 2.13 bits per heavy atom. The van der Waals surface area contributed by atoms with Crippen LogP contribution in [0.4, 0.5) is 0 Å². The van der Waals surface area contributed by atoms with Crippen molar-refractivity contribution in [2.75, 3.05) is 0 Å². The van der Waals surface area contributed by atoms with Gasteiger partial charge in [-0.15, -0.1) is 0 Å². The van der Waals surface area contributed by atoms with E-state index in [-0.39, 0.29) is 5.56 Å². The fraction of sp³-hybridized carbons (Fsp3) is 0.364. The Balaban J connectivity index is 2.86. The molecule has 1 N–H and O–H groups in total. The highest BCUT2D eigenvalue weighted by atomic mass is 16.1. The molecule has 0 aliphatic rings. The Hall–Kier alpha value is -1.71. The molecule has 0 saturated heterocycles. The lowest BCUT2D eigenvalue weighted by molar-refractivity contribution is 0.867. The third-order valence-corrected chi connectivity index (χ3v) is 2.43. The summed E-state index contributed by atoms with van der Waals surface area (Å²) in [5, 5.41) is 0. The van der Waals surface area contributed by atoms with E-state index < -0.39 is 0 Å². The summed E-state index contributed by atoms with van der Waals surface area (Å²) in [6.45, 7) is 5.84. The van der Waals surface area contributed by atoms with Gasteiger partial charge >= 0.3 is 0 Å². The van der Waals surface area contributed by atoms with Crippen molar-refractivity contribution < 1.29 is 0 Å². The number of aryl methyl sites for hydroxylation is 1. The molecule has 15 heavy (non-hydrogen) atoms. The van der Waals surface area contributed by atoms with Gasteiger partial charge in [0.25, 0.3) is 5.56 Å². The number of nitrogens with one attached hydrogen (secondary N) is 1. The van der Waals surface area contributed by atoms with Crippen LogP contribution >= 0.6 is 0 Å². The fourth-order valence-corrected chi connectivity index (χ4v) is 1.57. The topological polar surface area (TPSA) is 58.6 Å². The van der Waals surface area contributed by atoms with Gasteiger partial charge in [0.05, 0.1) is 5.52 Å². The summed E-state index contributed by atoms with van der Waals surface area (Å²) in [4.78, 5) is 22.6. The maximum atomic E-state index is 11.5. The third-order valence-electron chi connectivity index (χ3n) is 2.43. The van der Waals surface area contributed by atoms with Gasteiger partial charge in [-0.05, 0) is 24.5 Å². The van der Waals surface area contributed by atoms with E-state index in [9.17, 15) is 4.79 Å². The van der Waals surface area contributed by atoms with Gasteiger partial charge in [0.1, 0.15) is 5.69 Å². The van der Waals surface area contributed by atoms with Crippen LogP contribution in [-0.4, -0.2) is 15.0 Å². The van der Waals surface area contributed by atoms with Crippen LogP contribution in [0.2, 0.25) is 0 Å². The molecule has 0 amide bonds. The number of aromatic amines is 1. The Morgan fingerprint density at radius 3 is 2.80 bits per heavy atom. The Labute approximate surface area is 87.4 Å². The molecule has 4 heteroatoms. The number of rotatable bonds is 1. The minimum absolute atomic E-state index is 0.141. The molecular formula is C11H13N3O. The average Bonchev–Trinajstić information content (AvgIpc) is 2.18. The van der Waals surface area contributed by atoms with Crippen LogP contribution in [0.1, 0.15) is 31.0 Å². The first-order valence-corrected chi connectivity index (χ1v) is 4.95. The fourth-order valence-electron chi connectivity index (χ4n) is 1.57. The lowest BCUT2D eigenvalue weighted by Crippen LogP contribution is -2.13. The van der Waals surface area contributed by atoms with E-state index in [1.165, 1.54) is 0 Å². The van der Waals surface area contributed by atoms with Crippen molar-refractivity contribution in [1.29, 1.82) is 0 Å². The molecule has 2 rings (SSSR count). The van der Waals surface area contributed by atoms with Crippen molar-refractivity contribution >= 4 is 11.2 Å². The minimum Gasteiger partial charge on any atom is -0.317 e. The van der Waals surface area contributed by atoms with Crippen molar-refractivity contribution in [2.45, 2.75) is 26.7 Å². The molecule has 0 bridgehead atoms. The van der Waals surface area contributed by atoms with Crippen molar-refractivity contribution in [2.24, 2.45) is 0 Å². The van der Waals surface area contributed by atoms with Crippen molar-refractivity contribution in [1.82, 2.24) is 15.0 Å². The molecule has 0 spiro atoms. The lowest BCUT2D eigenvalue weighted by Gasteiger charge is -2.08. The van der Waals surface area contributed by atoms with E-state index in [1.807, 2.05) is 6.07 Å². The molecule has 0 unspecified atom stereocenters. The molecule has 0 fully saturated rings. The predicted octanol–water partition coefficient (Wildman–Crippen LogP) is 1.75. The van der Waals surface area contributed by atoms with Crippen LogP contribution < -0.4 is 5.56 Å². The number of fused-ring (bicyclic) bond motifs is 1. The molecular weight excluding hydrogens is 190 g/mol. The van der Waals surface area contributed by atoms with Gasteiger partial charge < -0.3 is 4.98 Å². The second kappa shape index (κ2) is 3.46. The normalized spacial score (nSPS) is 11.2. The monoisotopic (exact) mass is 203 g/mol. The number of hydrogen-bond donors (Lipinski definition) is 1. The SMILES string of the molecule is Cc1nc2nccc(C(C)C)c2[nH]c1=O. The third kappa shape index (κ3) is 1.63. The molecule has 2 heterocycles. The average molecular weight is 203 g/mol. The molecule has 0 aliphatic carbocycles. The van der Waals surface area contributed by atoms with Crippen LogP contribution in [0.5, 0.6) is 0 Å². The first-order chi connectivity index (χ1) is 7.09. The van der Waals surface area contributed by atoms with Crippen LogP contribution in [0.3, 0.4) is 0 Å². The highest BCUT2D eigenvalue weighted by Gasteiger charge is 2.08.